The van der Waals surface area contributed by atoms with E-state index in [4.69, 9.17) is 0 Å². The largest absolute Gasteiger partial charge is 0.310 e. The third kappa shape index (κ3) is 3.92. The van der Waals surface area contributed by atoms with Gasteiger partial charge in [0.1, 0.15) is 5.82 Å². The summed E-state index contributed by atoms with van der Waals surface area (Å²) in [6.45, 7) is 7.16. The standard InChI is InChI=1S/C18H21BrFN/c1-4-21-17(15-6-5-7-16(20)18(15)19)11-14-9-8-12(2)13(3)10-14/h5-10,17,21H,4,11H2,1-3H3. The number of rotatable bonds is 5. The van der Waals surface area contributed by atoms with E-state index in [9.17, 15) is 4.39 Å². The number of nitrogens with one attached hydrogen (secondary N) is 1. The van der Waals surface area contributed by atoms with Crippen molar-refractivity contribution in [2.24, 2.45) is 0 Å². The first-order valence-corrected chi connectivity index (χ1v) is 8.05. The van der Waals surface area contributed by atoms with Crippen molar-refractivity contribution >= 4 is 15.9 Å². The number of hydrogen-bond acceptors (Lipinski definition) is 1. The minimum Gasteiger partial charge on any atom is -0.310 e. The Hall–Kier alpha value is -1.19. The Labute approximate surface area is 134 Å². The smallest absolute Gasteiger partial charge is 0.137 e. The maximum atomic E-state index is 13.8. The van der Waals surface area contributed by atoms with Gasteiger partial charge in [0, 0.05) is 6.04 Å². The molecule has 0 aliphatic rings. The van der Waals surface area contributed by atoms with E-state index in [0.29, 0.717) is 4.47 Å². The molecule has 0 saturated carbocycles. The van der Waals surface area contributed by atoms with Crippen LogP contribution in [-0.4, -0.2) is 6.54 Å². The number of halogens is 2. The van der Waals surface area contributed by atoms with Gasteiger partial charge in [-0.2, -0.15) is 0 Å². The molecule has 0 heterocycles. The average molecular weight is 350 g/mol. The van der Waals surface area contributed by atoms with Crippen LogP contribution in [0, 0.1) is 19.7 Å². The minimum absolute atomic E-state index is 0.0992. The molecule has 0 spiro atoms. The van der Waals surface area contributed by atoms with Gasteiger partial charge in [-0.3, -0.25) is 0 Å². The summed E-state index contributed by atoms with van der Waals surface area (Å²) in [5.74, 6) is -0.213. The Kier molecular flexibility index (Phi) is 5.54. The number of benzene rings is 2. The van der Waals surface area contributed by atoms with Crippen LogP contribution < -0.4 is 5.32 Å². The van der Waals surface area contributed by atoms with Crippen LogP contribution in [0.3, 0.4) is 0 Å². The van der Waals surface area contributed by atoms with E-state index < -0.39 is 0 Å². The fraction of sp³-hybridized carbons (Fsp3) is 0.333. The van der Waals surface area contributed by atoms with E-state index >= 15 is 0 Å². The zero-order valence-corrected chi connectivity index (χ0v) is 14.3. The second-order valence-electron chi connectivity index (χ2n) is 5.38. The first kappa shape index (κ1) is 16.2. The molecular weight excluding hydrogens is 329 g/mol. The Morgan fingerprint density at radius 2 is 1.90 bits per heavy atom. The summed E-state index contributed by atoms with van der Waals surface area (Å²) in [5.41, 5.74) is 4.82. The van der Waals surface area contributed by atoms with Crippen LogP contribution in [-0.2, 0) is 6.42 Å². The molecule has 0 aliphatic carbocycles. The van der Waals surface area contributed by atoms with E-state index in [2.05, 4.69) is 60.2 Å². The van der Waals surface area contributed by atoms with E-state index in [1.807, 2.05) is 6.07 Å². The number of hydrogen-bond donors (Lipinski definition) is 1. The Morgan fingerprint density at radius 1 is 1.14 bits per heavy atom. The van der Waals surface area contributed by atoms with E-state index in [0.717, 1.165) is 18.5 Å². The quantitative estimate of drug-likeness (QED) is 0.791. The van der Waals surface area contributed by atoms with Gasteiger partial charge in [-0.25, -0.2) is 4.39 Å². The number of aryl methyl sites for hydroxylation is 2. The second-order valence-corrected chi connectivity index (χ2v) is 6.17. The highest BCUT2D eigenvalue weighted by molar-refractivity contribution is 9.10. The van der Waals surface area contributed by atoms with Gasteiger partial charge in [0.05, 0.1) is 4.47 Å². The van der Waals surface area contributed by atoms with Crippen LogP contribution in [0.15, 0.2) is 40.9 Å². The predicted molar refractivity (Wildman–Crippen MR) is 90.1 cm³/mol. The highest BCUT2D eigenvalue weighted by Gasteiger charge is 2.16. The van der Waals surface area contributed by atoms with Gasteiger partial charge >= 0.3 is 0 Å². The number of likely N-dealkylation sites (N-methyl/N-ethyl adjacent to an activating group) is 1. The molecule has 1 N–H and O–H groups in total. The maximum absolute atomic E-state index is 13.8. The monoisotopic (exact) mass is 349 g/mol. The van der Waals surface area contributed by atoms with E-state index in [1.165, 1.54) is 22.8 Å². The summed E-state index contributed by atoms with van der Waals surface area (Å²) in [6.07, 6.45) is 0.844. The molecule has 2 aromatic carbocycles. The molecule has 2 rings (SSSR count). The first-order valence-electron chi connectivity index (χ1n) is 7.26. The lowest BCUT2D eigenvalue weighted by molar-refractivity contribution is 0.538. The highest BCUT2D eigenvalue weighted by Crippen LogP contribution is 2.28. The molecule has 1 nitrogen and oxygen atoms in total. The van der Waals surface area contributed by atoms with Gasteiger partial charge in [-0.1, -0.05) is 37.3 Å². The molecule has 1 unspecified atom stereocenters. The van der Waals surface area contributed by atoms with Gasteiger partial charge < -0.3 is 5.32 Å². The molecule has 0 aromatic heterocycles. The lowest BCUT2D eigenvalue weighted by Gasteiger charge is -2.20. The average Bonchev–Trinajstić information content (AvgIpc) is 2.45. The van der Waals surface area contributed by atoms with E-state index in [1.54, 1.807) is 6.07 Å². The van der Waals surface area contributed by atoms with Gasteiger partial charge in [-0.05, 0) is 71.1 Å². The molecular formula is C18H21BrFN. The molecule has 0 radical (unpaired) electrons. The van der Waals surface area contributed by atoms with Crippen molar-refractivity contribution in [3.05, 3.63) is 68.9 Å². The molecule has 0 amide bonds. The third-order valence-corrected chi connectivity index (χ3v) is 4.66. The molecule has 1 atom stereocenters. The zero-order valence-electron chi connectivity index (χ0n) is 12.7. The SMILES string of the molecule is CCNC(Cc1ccc(C)c(C)c1)c1cccc(F)c1Br. The van der Waals surface area contributed by atoms with Crippen LogP contribution in [0.2, 0.25) is 0 Å². The molecule has 3 heteroatoms. The zero-order chi connectivity index (χ0) is 15.4. The first-order chi connectivity index (χ1) is 10.0. The lowest BCUT2D eigenvalue weighted by atomic mass is 9.96. The fourth-order valence-electron chi connectivity index (χ4n) is 2.49. The minimum atomic E-state index is -0.213. The predicted octanol–water partition coefficient (Wildman–Crippen LogP) is 5.10. The van der Waals surface area contributed by atoms with Gasteiger partial charge in [0.25, 0.3) is 0 Å². The summed E-state index contributed by atoms with van der Waals surface area (Å²) in [7, 11) is 0. The molecule has 0 fully saturated rings. The summed E-state index contributed by atoms with van der Waals surface area (Å²) >= 11 is 3.38. The van der Waals surface area contributed by atoms with Crippen LogP contribution in [0.1, 0.15) is 35.2 Å². The Bertz CT molecular complexity index is 625. The maximum Gasteiger partial charge on any atom is 0.137 e. The van der Waals surface area contributed by atoms with Crippen molar-refractivity contribution in [2.75, 3.05) is 6.54 Å². The highest BCUT2D eigenvalue weighted by atomic mass is 79.9. The molecule has 0 saturated heterocycles. The van der Waals surface area contributed by atoms with Crippen LogP contribution in [0.4, 0.5) is 4.39 Å². The lowest BCUT2D eigenvalue weighted by Crippen LogP contribution is -2.23. The summed E-state index contributed by atoms with van der Waals surface area (Å²) in [5, 5.41) is 3.45. The second kappa shape index (κ2) is 7.19. The fourth-order valence-corrected chi connectivity index (χ4v) is 3.03. The summed E-state index contributed by atoms with van der Waals surface area (Å²) < 4.78 is 14.3. The van der Waals surface area contributed by atoms with Gasteiger partial charge in [0.15, 0.2) is 0 Å². The third-order valence-electron chi connectivity index (χ3n) is 3.82. The van der Waals surface area contributed by atoms with Crippen molar-refractivity contribution < 1.29 is 4.39 Å². The Balaban J connectivity index is 2.30. The molecule has 21 heavy (non-hydrogen) atoms. The van der Waals surface area contributed by atoms with Crippen molar-refractivity contribution in [1.29, 1.82) is 0 Å². The Morgan fingerprint density at radius 3 is 2.57 bits per heavy atom. The molecule has 2 aromatic rings. The van der Waals surface area contributed by atoms with Gasteiger partial charge in [0.2, 0.25) is 0 Å². The van der Waals surface area contributed by atoms with Crippen LogP contribution >= 0.6 is 15.9 Å². The normalized spacial score (nSPS) is 12.4. The van der Waals surface area contributed by atoms with Crippen molar-refractivity contribution in [3.63, 3.8) is 0 Å². The summed E-state index contributed by atoms with van der Waals surface area (Å²) in [4.78, 5) is 0. The molecule has 112 valence electrons. The van der Waals surface area contributed by atoms with Crippen molar-refractivity contribution in [2.45, 2.75) is 33.2 Å². The van der Waals surface area contributed by atoms with Crippen molar-refractivity contribution in [3.8, 4) is 0 Å². The van der Waals surface area contributed by atoms with E-state index in [-0.39, 0.29) is 11.9 Å². The van der Waals surface area contributed by atoms with Crippen molar-refractivity contribution in [1.82, 2.24) is 5.32 Å². The van der Waals surface area contributed by atoms with Gasteiger partial charge in [-0.15, -0.1) is 0 Å². The van der Waals surface area contributed by atoms with Crippen LogP contribution in [0.5, 0.6) is 0 Å². The molecule has 0 bridgehead atoms. The topological polar surface area (TPSA) is 12.0 Å². The van der Waals surface area contributed by atoms with Crippen LogP contribution in [0.25, 0.3) is 0 Å². The molecule has 0 aliphatic heterocycles. The summed E-state index contributed by atoms with van der Waals surface area (Å²) in [6, 6.07) is 11.8.